The van der Waals surface area contributed by atoms with E-state index in [4.69, 9.17) is 10.2 Å². The average molecular weight is 693 g/mol. The highest BCUT2D eigenvalue weighted by Crippen LogP contribution is 2.15. The summed E-state index contributed by atoms with van der Waals surface area (Å²) >= 11 is 0. The fraction of sp³-hybridized carbons (Fsp3) is 0.814. The minimum Gasteiger partial charge on any atom is -0.481 e. The fourth-order valence-electron chi connectivity index (χ4n) is 5.44. The van der Waals surface area contributed by atoms with Gasteiger partial charge in [0.15, 0.2) is 17.4 Å². The van der Waals surface area contributed by atoms with Crippen molar-refractivity contribution in [3.8, 4) is 0 Å². The van der Waals surface area contributed by atoms with Gasteiger partial charge in [0.1, 0.15) is 0 Å². The van der Waals surface area contributed by atoms with Gasteiger partial charge in [-0.25, -0.2) is 0 Å². The molecule has 0 atom stereocenters. The topological polar surface area (TPSA) is 74.6 Å². The number of carboxylic acids is 2. The van der Waals surface area contributed by atoms with E-state index in [1.165, 1.54) is 154 Å². The zero-order chi connectivity index (χ0) is 35.3. The monoisotopic (exact) mass is 693 g/mol. The lowest BCUT2D eigenvalue weighted by Crippen LogP contribution is -1.93. The molecule has 284 valence electrons. The van der Waals surface area contributed by atoms with E-state index in [9.17, 15) is 9.59 Å². The Morgan fingerprint density at radius 1 is 0.438 bits per heavy atom. The van der Waals surface area contributed by atoms with E-state index in [0.717, 1.165) is 38.5 Å². The van der Waals surface area contributed by atoms with Crippen LogP contribution >= 0.6 is 0 Å². The van der Waals surface area contributed by atoms with E-state index in [0.29, 0.717) is 12.8 Å². The van der Waals surface area contributed by atoms with Crippen LogP contribution in [0.2, 0.25) is 0 Å². The van der Waals surface area contributed by atoms with Crippen LogP contribution in [0.15, 0.2) is 37.0 Å². The predicted octanol–water partition coefficient (Wildman–Crippen LogP) is 13.8. The zero-order valence-electron chi connectivity index (χ0n) is 31.9. The average Bonchev–Trinajstić information content (AvgIpc) is 3.04. The van der Waals surface area contributed by atoms with Crippen LogP contribution in [0, 0.1) is 0 Å². The van der Waals surface area contributed by atoms with Crippen LogP contribution in [0.1, 0.15) is 226 Å². The number of rotatable bonds is 34. The summed E-state index contributed by atoms with van der Waals surface area (Å²) in [6.45, 7) is 9.77. The fourth-order valence-corrected chi connectivity index (χ4v) is 5.44. The summed E-state index contributed by atoms with van der Waals surface area (Å²) in [5.74, 6) is -1.32. The van der Waals surface area contributed by atoms with Crippen molar-refractivity contribution >= 4 is 29.3 Å². The summed E-state index contributed by atoms with van der Waals surface area (Å²) in [7, 11) is 0. The lowest BCUT2D eigenvalue weighted by molar-refractivity contribution is -0.138. The van der Waals surface area contributed by atoms with E-state index in [1.807, 2.05) is 6.92 Å². The maximum Gasteiger partial charge on any atom is 0.303 e. The van der Waals surface area contributed by atoms with E-state index in [1.54, 1.807) is 6.08 Å². The van der Waals surface area contributed by atoms with Crippen LogP contribution in [-0.2, 0) is 9.59 Å². The SMILES string of the molecule is C=CC.CCCCC/C=C\C/C=C\CCCCCCCC(=O)O.CCCCCCCCCCCCCCCCCCCCCC(=O)O.[AlH3]. The molecule has 0 aromatic carbocycles. The van der Waals surface area contributed by atoms with Crippen LogP contribution < -0.4 is 0 Å². The first kappa shape index (κ1) is 53.5. The molecule has 0 amide bonds. The number of hydrogen-bond donors (Lipinski definition) is 2. The number of hydrogen-bond acceptors (Lipinski definition) is 2. The Kier molecular flexibility index (Phi) is 58.5. The highest BCUT2D eigenvalue weighted by Gasteiger charge is 1.98. The Hall–Kier alpha value is -1.31. The van der Waals surface area contributed by atoms with E-state index in [2.05, 4.69) is 44.7 Å². The van der Waals surface area contributed by atoms with Crippen molar-refractivity contribution in [3.05, 3.63) is 37.0 Å². The van der Waals surface area contributed by atoms with Gasteiger partial charge >= 0.3 is 11.9 Å². The summed E-state index contributed by atoms with van der Waals surface area (Å²) < 4.78 is 0. The summed E-state index contributed by atoms with van der Waals surface area (Å²) in [5, 5.41) is 17.1. The first-order valence-electron chi connectivity index (χ1n) is 20.3. The normalized spacial score (nSPS) is 10.6. The van der Waals surface area contributed by atoms with Gasteiger partial charge < -0.3 is 10.2 Å². The van der Waals surface area contributed by atoms with Crippen molar-refractivity contribution in [2.24, 2.45) is 0 Å². The number of aliphatic carboxylic acids is 2. The van der Waals surface area contributed by atoms with Gasteiger partial charge in [-0.05, 0) is 51.9 Å². The molecule has 0 bridgehead atoms. The molecule has 0 aromatic rings. The second kappa shape index (κ2) is 52.5. The molecule has 0 aliphatic heterocycles. The largest absolute Gasteiger partial charge is 0.481 e. The Morgan fingerprint density at radius 3 is 0.958 bits per heavy atom. The van der Waals surface area contributed by atoms with E-state index >= 15 is 0 Å². The molecule has 0 aliphatic rings. The molecule has 0 fully saturated rings. The van der Waals surface area contributed by atoms with Gasteiger partial charge in [0.25, 0.3) is 0 Å². The maximum absolute atomic E-state index is 10.4. The summed E-state index contributed by atoms with van der Waals surface area (Å²) in [6.07, 6.45) is 50.1. The molecule has 48 heavy (non-hydrogen) atoms. The number of allylic oxidation sites excluding steroid dienone is 5. The van der Waals surface area contributed by atoms with Gasteiger partial charge in [-0.2, -0.15) is 0 Å². The Bertz CT molecular complexity index is 674. The molecule has 0 heterocycles. The third-order valence-corrected chi connectivity index (χ3v) is 8.34. The Balaban J connectivity index is -0.000000370. The first-order valence-corrected chi connectivity index (χ1v) is 20.3. The van der Waals surface area contributed by atoms with Crippen molar-refractivity contribution in [3.63, 3.8) is 0 Å². The summed E-state index contributed by atoms with van der Waals surface area (Å²) in [6, 6.07) is 0. The van der Waals surface area contributed by atoms with Crippen LogP contribution in [0.5, 0.6) is 0 Å². The zero-order valence-corrected chi connectivity index (χ0v) is 31.9. The smallest absolute Gasteiger partial charge is 0.303 e. The highest BCUT2D eigenvalue weighted by atomic mass is 27.0. The highest BCUT2D eigenvalue weighted by molar-refractivity contribution is 5.75. The van der Waals surface area contributed by atoms with Crippen molar-refractivity contribution in [1.82, 2.24) is 0 Å². The van der Waals surface area contributed by atoms with Crippen LogP contribution in [0.4, 0.5) is 0 Å². The van der Waals surface area contributed by atoms with Gasteiger partial charge in [0.05, 0.1) is 0 Å². The van der Waals surface area contributed by atoms with Gasteiger partial charge in [-0.1, -0.05) is 192 Å². The molecule has 0 spiro atoms. The van der Waals surface area contributed by atoms with Crippen molar-refractivity contribution in [2.45, 2.75) is 226 Å². The lowest BCUT2D eigenvalue weighted by atomic mass is 10.0. The van der Waals surface area contributed by atoms with Gasteiger partial charge in [-0.3, -0.25) is 9.59 Å². The van der Waals surface area contributed by atoms with E-state index in [-0.39, 0.29) is 17.4 Å². The van der Waals surface area contributed by atoms with Crippen LogP contribution in [-0.4, -0.2) is 39.5 Å². The van der Waals surface area contributed by atoms with Crippen molar-refractivity contribution in [2.75, 3.05) is 0 Å². The molecule has 0 saturated carbocycles. The maximum atomic E-state index is 10.4. The number of unbranched alkanes of at least 4 members (excludes halogenated alkanes) is 26. The molecular formula is C43H85AlO4. The third-order valence-electron chi connectivity index (χ3n) is 8.34. The molecule has 4 nitrogen and oxygen atoms in total. The molecule has 0 unspecified atom stereocenters. The first-order chi connectivity index (χ1) is 23.0. The molecular weight excluding hydrogens is 607 g/mol. The second-order valence-corrected chi connectivity index (χ2v) is 13.3. The van der Waals surface area contributed by atoms with Crippen LogP contribution in [0.3, 0.4) is 0 Å². The molecule has 0 aliphatic carbocycles. The molecule has 0 aromatic heterocycles. The van der Waals surface area contributed by atoms with Crippen molar-refractivity contribution in [1.29, 1.82) is 0 Å². The Labute approximate surface area is 311 Å². The van der Waals surface area contributed by atoms with Gasteiger partial charge in [-0.15, -0.1) is 6.58 Å². The summed E-state index contributed by atoms with van der Waals surface area (Å²) in [4.78, 5) is 20.7. The van der Waals surface area contributed by atoms with Crippen LogP contribution in [0.25, 0.3) is 0 Å². The minimum atomic E-state index is -0.671. The summed E-state index contributed by atoms with van der Waals surface area (Å²) in [5.41, 5.74) is 0. The molecule has 2 N–H and O–H groups in total. The minimum absolute atomic E-state index is 0. The third kappa shape index (κ3) is 63.4. The molecule has 0 saturated heterocycles. The van der Waals surface area contributed by atoms with E-state index < -0.39 is 11.9 Å². The quantitative estimate of drug-likeness (QED) is 0.0400. The number of carboxylic acid groups (broad SMARTS) is 2. The molecule has 0 radical (unpaired) electrons. The van der Waals surface area contributed by atoms with Gasteiger partial charge in [0, 0.05) is 12.8 Å². The van der Waals surface area contributed by atoms with Gasteiger partial charge in [0.2, 0.25) is 0 Å². The Morgan fingerprint density at radius 2 is 0.667 bits per heavy atom. The lowest BCUT2D eigenvalue weighted by Gasteiger charge is -2.03. The second-order valence-electron chi connectivity index (χ2n) is 13.3. The standard InChI is InChI=1S/C22H44O2.C18H32O2.C3H6.Al.3H/c1-2-3-4-5-6-7-8-9-10-11-12-13-14-15-16-17-18-19-20-21-22(23)24;1-2-3-4-5-6-7-8-9-10-11-12-13-14-15-16-17-18(19)20;1-3-2;;;;/h2-21H2,1H3,(H,23,24);6-7,9-10H,2-5,8,11-17H2,1H3,(H,19,20);3H,1H2,2H3;;;;/b;7-6-,10-9-;;;;;. The number of carbonyl (C=O) groups is 2. The predicted molar refractivity (Wildman–Crippen MR) is 218 cm³/mol. The van der Waals surface area contributed by atoms with Crippen molar-refractivity contribution < 1.29 is 19.8 Å². The molecule has 5 heteroatoms. The molecule has 0 rings (SSSR count).